The molecule has 2 aromatic carbocycles. The number of nitrogens with one attached hydrogen (secondary N) is 1. The number of benzene rings is 2. The number of hydrogen-bond donors (Lipinski definition) is 1. The first-order chi connectivity index (χ1) is 16.5. The van der Waals surface area contributed by atoms with Gasteiger partial charge in [0, 0.05) is 29.0 Å². The van der Waals surface area contributed by atoms with Gasteiger partial charge in [-0.05, 0) is 53.8 Å². The maximum Gasteiger partial charge on any atom is 0.417 e. The van der Waals surface area contributed by atoms with E-state index in [9.17, 15) is 18.0 Å². The third-order valence-electron chi connectivity index (χ3n) is 6.11. The normalized spacial score (nSPS) is 14.5. The van der Waals surface area contributed by atoms with Crippen LogP contribution in [0.3, 0.4) is 0 Å². The molecule has 0 aliphatic carbocycles. The van der Waals surface area contributed by atoms with E-state index in [0.717, 1.165) is 22.1 Å². The molecule has 0 atom stereocenters. The Hall–Kier alpha value is -3.20. The lowest BCUT2D eigenvalue weighted by molar-refractivity contribution is -0.137. The molecule has 1 aromatic heterocycles. The topological polar surface area (TPSA) is 54.5 Å². The van der Waals surface area contributed by atoms with Crippen LogP contribution in [0, 0.1) is 0 Å². The Labute approximate surface area is 206 Å². The number of hydrogen-bond acceptors (Lipinski definition) is 4. The van der Waals surface area contributed by atoms with Gasteiger partial charge in [0.1, 0.15) is 5.75 Å². The summed E-state index contributed by atoms with van der Waals surface area (Å²) in [4.78, 5) is 20.1. The molecule has 184 valence electrons. The summed E-state index contributed by atoms with van der Waals surface area (Å²) in [5, 5.41) is 2.93. The molecular formula is C26H26F3N3O2S. The van der Waals surface area contributed by atoms with Crippen molar-refractivity contribution in [3.8, 4) is 17.0 Å². The number of thioether (sulfide) groups is 1. The van der Waals surface area contributed by atoms with Gasteiger partial charge in [0.05, 0.1) is 30.3 Å². The van der Waals surface area contributed by atoms with Gasteiger partial charge in [-0.1, -0.05) is 26.0 Å². The van der Waals surface area contributed by atoms with Crippen LogP contribution in [0.2, 0.25) is 0 Å². The van der Waals surface area contributed by atoms with E-state index in [0.29, 0.717) is 18.8 Å². The fourth-order valence-electron chi connectivity index (χ4n) is 4.22. The van der Waals surface area contributed by atoms with Gasteiger partial charge < -0.3 is 10.1 Å². The number of fused-ring (bicyclic) bond motifs is 1. The van der Waals surface area contributed by atoms with E-state index in [1.165, 1.54) is 25.4 Å². The maximum atomic E-state index is 13.8. The average Bonchev–Trinajstić information content (AvgIpc) is 3.12. The van der Waals surface area contributed by atoms with Gasteiger partial charge in [0.25, 0.3) is 0 Å². The van der Waals surface area contributed by atoms with Crippen molar-refractivity contribution in [2.75, 3.05) is 24.8 Å². The summed E-state index contributed by atoms with van der Waals surface area (Å²) in [6.45, 7) is 4.68. The predicted molar refractivity (Wildman–Crippen MR) is 132 cm³/mol. The van der Waals surface area contributed by atoms with E-state index in [2.05, 4.69) is 10.3 Å². The number of amides is 2. The van der Waals surface area contributed by atoms with E-state index in [1.807, 2.05) is 44.4 Å². The second-order valence-electron chi connectivity index (χ2n) is 8.97. The number of ether oxygens (including phenoxy) is 1. The van der Waals surface area contributed by atoms with Gasteiger partial charge in [-0.15, -0.1) is 11.8 Å². The summed E-state index contributed by atoms with van der Waals surface area (Å²) in [6.07, 6.45) is -1.09. The molecule has 2 amide bonds. The molecular weight excluding hydrogens is 475 g/mol. The van der Waals surface area contributed by atoms with Gasteiger partial charge in [-0.25, -0.2) is 4.79 Å². The molecule has 0 saturated heterocycles. The van der Waals surface area contributed by atoms with Crippen molar-refractivity contribution in [1.29, 1.82) is 0 Å². The highest BCUT2D eigenvalue weighted by molar-refractivity contribution is 7.98. The van der Waals surface area contributed by atoms with E-state index < -0.39 is 17.2 Å². The van der Waals surface area contributed by atoms with Crippen molar-refractivity contribution in [3.63, 3.8) is 0 Å². The van der Waals surface area contributed by atoms with Crippen LogP contribution in [0.1, 0.15) is 30.5 Å². The number of alkyl halides is 3. The molecule has 2 heterocycles. The Morgan fingerprint density at radius 3 is 2.51 bits per heavy atom. The molecule has 3 aromatic rings. The molecule has 0 spiro atoms. The van der Waals surface area contributed by atoms with Crippen LogP contribution in [0.25, 0.3) is 11.3 Å². The Kier molecular flexibility index (Phi) is 6.73. The van der Waals surface area contributed by atoms with Gasteiger partial charge in [0.15, 0.2) is 0 Å². The first-order valence-corrected chi connectivity index (χ1v) is 12.2. The number of pyridine rings is 1. The average molecular weight is 502 g/mol. The zero-order valence-corrected chi connectivity index (χ0v) is 20.7. The summed E-state index contributed by atoms with van der Waals surface area (Å²) in [5.41, 5.74) is 1.22. The first-order valence-electron chi connectivity index (χ1n) is 11.0. The van der Waals surface area contributed by atoms with Gasteiger partial charge in [-0.3, -0.25) is 9.88 Å². The fourth-order valence-corrected chi connectivity index (χ4v) is 4.63. The van der Waals surface area contributed by atoms with Crippen LogP contribution < -0.4 is 15.0 Å². The molecule has 35 heavy (non-hydrogen) atoms. The summed E-state index contributed by atoms with van der Waals surface area (Å²) in [7, 11) is 1.32. The number of carbonyl (C=O) groups excluding carboxylic acids is 1. The molecule has 1 N–H and O–H groups in total. The highest BCUT2D eigenvalue weighted by atomic mass is 32.2. The fraction of sp³-hybridized carbons (Fsp3) is 0.308. The van der Waals surface area contributed by atoms with Gasteiger partial charge in [0.2, 0.25) is 0 Å². The second kappa shape index (κ2) is 9.45. The Balaban J connectivity index is 1.62. The number of rotatable bonds is 5. The maximum absolute atomic E-state index is 13.8. The van der Waals surface area contributed by atoms with Crippen LogP contribution >= 0.6 is 11.8 Å². The molecule has 0 radical (unpaired) electrons. The lowest BCUT2D eigenvalue weighted by atomic mass is 9.86. The first kappa shape index (κ1) is 24.9. The molecule has 0 fully saturated rings. The van der Waals surface area contributed by atoms with Gasteiger partial charge >= 0.3 is 12.2 Å². The zero-order chi connectivity index (χ0) is 25.4. The minimum absolute atomic E-state index is 0.0338. The molecule has 0 saturated carbocycles. The van der Waals surface area contributed by atoms with Crippen molar-refractivity contribution in [3.05, 3.63) is 71.4 Å². The number of methoxy groups -OCH3 is 1. The summed E-state index contributed by atoms with van der Waals surface area (Å²) in [6, 6.07) is 13.1. The van der Waals surface area contributed by atoms with E-state index >= 15 is 0 Å². The Bertz CT molecular complexity index is 1240. The zero-order valence-electron chi connectivity index (χ0n) is 19.9. The number of urea groups is 1. The molecule has 5 nitrogen and oxygen atoms in total. The quantitative estimate of drug-likeness (QED) is 0.405. The monoisotopic (exact) mass is 501 g/mol. The number of carbonyl (C=O) groups is 1. The van der Waals surface area contributed by atoms with Crippen molar-refractivity contribution >= 4 is 23.5 Å². The van der Waals surface area contributed by atoms with E-state index in [-0.39, 0.29) is 23.0 Å². The summed E-state index contributed by atoms with van der Waals surface area (Å²) >= 11 is 1.65. The smallest absolute Gasteiger partial charge is 0.417 e. The highest BCUT2D eigenvalue weighted by Gasteiger charge is 2.40. The standard InChI is InChI=1S/C26H26F3N3O2S/c1-25(2)15-32(24(33)31-13-16-5-8-18(35-4)9-6-16)23-14-30-22(12-21(23)25)19-10-7-17(34-3)11-20(19)26(27,28)29/h5-12,14H,13,15H2,1-4H3,(H,31,33). The lowest BCUT2D eigenvalue weighted by Crippen LogP contribution is -2.41. The third kappa shape index (κ3) is 5.10. The number of nitrogens with zero attached hydrogens (tertiary/aromatic N) is 2. The van der Waals surface area contributed by atoms with E-state index in [1.54, 1.807) is 22.7 Å². The summed E-state index contributed by atoms with van der Waals surface area (Å²) < 4.78 is 46.3. The van der Waals surface area contributed by atoms with Gasteiger partial charge in [-0.2, -0.15) is 13.2 Å². The third-order valence-corrected chi connectivity index (χ3v) is 6.86. The van der Waals surface area contributed by atoms with E-state index in [4.69, 9.17) is 4.74 Å². The highest BCUT2D eigenvalue weighted by Crippen LogP contribution is 2.44. The second-order valence-corrected chi connectivity index (χ2v) is 9.85. The molecule has 9 heteroatoms. The van der Waals surface area contributed by atoms with Crippen LogP contribution in [0.4, 0.5) is 23.7 Å². The molecule has 0 unspecified atom stereocenters. The largest absolute Gasteiger partial charge is 0.497 e. The summed E-state index contributed by atoms with van der Waals surface area (Å²) in [5.74, 6) is 0.119. The molecule has 4 rings (SSSR count). The lowest BCUT2D eigenvalue weighted by Gasteiger charge is -2.21. The predicted octanol–water partition coefficient (Wildman–Crippen LogP) is 6.51. The number of anilines is 1. The number of aromatic nitrogens is 1. The van der Waals surface area contributed by atoms with Crippen molar-refractivity contribution in [1.82, 2.24) is 10.3 Å². The Morgan fingerprint density at radius 1 is 1.17 bits per heavy atom. The minimum Gasteiger partial charge on any atom is -0.497 e. The molecule has 0 bridgehead atoms. The Morgan fingerprint density at radius 2 is 1.89 bits per heavy atom. The van der Waals surface area contributed by atoms with Crippen LogP contribution in [0.5, 0.6) is 5.75 Å². The SMILES string of the molecule is COc1ccc(-c2cc3c(cn2)N(C(=O)NCc2ccc(SC)cc2)CC3(C)C)c(C(F)(F)F)c1. The van der Waals surface area contributed by atoms with Crippen LogP contribution in [0.15, 0.2) is 59.6 Å². The van der Waals surface area contributed by atoms with Crippen molar-refractivity contribution in [2.24, 2.45) is 0 Å². The van der Waals surface area contributed by atoms with Crippen molar-refractivity contribution in [2.45, 2.75) is 36.9 Å². The van der Waals surface area contributed by atoms with Crippen molar-refractivity contribution < 1.29 is 22.7 Å². The van der Waals surface area contributed by atoms with Crippen LogP contribution in [-0.4, -0.2) is 30.9 Å². The van der Waals surface area contributed by atoms with Crippen LogP contribution in [-0.2, 0) is 18.1 Å². The number of halogens is 3. The molecule has 1 aliphatic rings. The minimum atomic E-state index is -4.57. The molecule has 1 aliphatic heterocycles.